The van der Waals surface area contributed by atoms with Crippen LogP contribution in [0.2, 0.25) is 5.02 Å². The lowest BCUT2D eigenvalue weighted by atomic mass is 10.0. The first-order valence-corrected chi connectivity index (χ1v) is 13.6. The number of methoxy groups -OCH3 is 1. The fourth-order valence-corrected chi connectivity index (χ4v) is 3.83. The van der Waals surface area contributed by atoms with Crippen molar-refractivity contribution in [3.8, 4) is 5.75 Å². The van der Waals surface area contributed by atoms with Gasteiger partial charge in [-0.15, -0.1) is 0 Å². The van der Waals surface area contributed by atoms with Gasteiger partial charge in [0.05, 0.1) is 36.3 Å². The van der Waals surface area contributed by atoms with Crippen molar-refractivity contribution in [2.45, 2.75) is 25.4 Å². The molecule has 0 spiro atoms. The van der Waals surface area contributed by atoms with Crippen LogP contribution >= 0.6 is 11.6 Å². The first kappa shape index (κ1) is 34.3. The van der Waals surface area contributed by atoms with E-state index in [9.17, 15) is 31.5 Å². The highest BCUT2D eigenvalue weighted by molar-refractivity contribution is 6.32. The van der Waals surface area contributed by atoms with Gasteiger partial charge in [-0.1, -0.05) is 41.9 Å². The first-order valence-electron chi connectivity index (χ1n) is 13.2. The third kappa shape index (κ3) is 10.2. The van der Waals surface area contributed by atoms with Gasteiger partial charge in [-0.2, -0.15) is 18.2 Å². The Labute approximate surface area is 255 Å². The molecule has 0 unspecified atom stereocenters. The zero-order valence-corrected chi connectivity index (χ0v) is 24.7. The summed E-state index contributed by atoms with van der Waals surface area (Å²) in [5.74, 6) is -4.13. The molecule has 0 radical (unpaired) electrons. The van der Waals surface area contributed by atoms with Crippen LogP contribution in [-0.2, 0) is 22.2 Å². The molecule has 1 saturated carbocycles. The summed E-state index contributed by atoms with van der Waals surface area (Å²) in [6, 6.07) is 14.0. The zero-order chi connectivity index (χ0) is 32.4. The Morgan fingerprint density at radius 3 is 2.30 bits per heavy atom. The second-order valence-corrected chi connectivity index (χ2v) is 10.2. The van der Waals surface area contributed by atoms with Crippen LogP contribution in [0.3, 0.4) is 0 Å². The molecular weight excluding hydrogens is 611 g/mol. The molecule has 8 nitrogen and oxygen atoms in total. The van der Waals surface area contributed by atoms with Gasteiger partial charge in [0, 0.05) is 19.8 Å². The number of benzene rings is 3. The molecule has 2 N–H and O–H groups in total. The van der Waals surface area contributed by atoms with Crippen molar-refractivity contribution in [3.05, 3.63) is 94.0 Å². The van der Waals surface area contributed by atoms with Crippen LogP contribution in [0.15, 0.2) is 65.7 Å². The number of amides is 3. The van der Waals surface area contributed by atoms with E-state index < -0.39 is 40.7 Å². The lowest BCUT2D eigenvalue weighted by Gasteiger charge is -2.17. The average molecular weight is 641 g/mol. The number of nitrogens with one attached hydrogen (secondary N) is 2. The fourth-order valence-electron chi connectivity index (χ4n) is 3.57. The van der Waals surface area contributed by atoms with Gasteiger partial charge in [-0.05, 0) is 54.7 Å². The minimum atomic E-state index is -4.99. The van der Waals surface area contributed by atoms with Gasteiger partial charge >= 0.3 is 12.2 Å². The maximum Gasteiger partial charge on any atom is 0.417 e. The Hall–Kier alpha value is -4.23. The van der Waals surface area contributed by atoms with Gasteiger partial charge < -0.3 is 15.0 Å². The molecule has 0 bridgehead atoms. The van der Waals surface area contributed by atoms with Gasteiger partial charge in [-0.3, -0.25) is 9.63 Å². The van der Waals surface area contributed by atoms with Crippen molar-refractivity contribution in [2.75, 3.05) is 33.1 Å². The lowest BCUT2D eigenvalue weighted by Crippen LogP contribution is -2.31. The highest BCUT2D eigenvalue weighted by Gasteiger charge is 2.37. The first-order chi connectivity index (χ1) is 20.8. The van der Waals surface area contributed by atoms with Crippen LogP contribution < -0.4 is 15.5 Å². The third-order valence-electron chi connectivity index (χ3n) is 6.07. The number of hydroxylamine groups is 1. The van der Waals surface area contributed by atoms with Gasteiger partial charge in [0.25, 0.3) is 5.91 Å². The molecule has 1 aliphatic carbocycles. The molecule has 3 amide bonds. The van der Waals surface area contributed by atoms with E-state index in [1.54, 1.807) is 69.7 Å². The van der Waals surface area contributed by atoms with E-state index in [2.05, 4.69) is 15.8 Å². The molecule has 0 saturated heterocycles. The second kappa shape index (κ2) is 15.5. The van der Waals surface area contributed by atoms with Crippen LogP contribution in [0.5, 0.6) is 5.75 Å². The van der Waals surface area contributed by atoms with Gasteiger partial charge in [0.2, 0.25) is 0 Å². The molecule has 1 fully saturated rings. The summed E-state index contributed by atoms with van der Waals surface area (Å²) < 4.78 is 73.2. The lowest BCUT2D eigenvalue weighted by molar-refractivity contribution is -0.138. The van der Waals surface area contributed by atoms with Gasteiger partial charge in [-0.25, -0.2) is 19.1 Å². The summed E-state index contributed by atoms with van der Waals surface area (Å²) >= 11 is 5.90. The largest absolute Gasteiger partial charge is 0.495 e. The minimum absolute atomic E-state index is 0.143. The van der Waals surface area contributed by atoms with Crippen LogP contribution in [-0.4, -0.2) is 50.5 Å². The quantitative estimate of drug-likeness (QED) is 0.121. The van der Waals surface area contributed by atoms with Crippen LogP contribution in [0.4, 0.5) is 32.4 Å². The number of carbonyl (C=O) groups excluding carboxylic acids is 2. The number of urea groups is 1. The van der Waals surface area contributed by atoms with E-state index >= 15 is 0 Å². The summed E-state index contributed by atoms with van der Waals surface area (Å²) in [5, 5.41) is 3.15. The molecule has 0 heterocycles. The minimum Gasteiger partial charge on any atom is -0.495 e. The average Bonchev–Trinajstić information content (AvgIpc) is 3.79. The van der Waals surface area contributed by atoms with Crippen LogP contribution in [0.25, 0.3) is 0 Å². The highest BCUT2D eigenvalue weighted by Crippen LogP contribution is 2.34. The molecule has 0 atom stereocenters. The molecule has 4 rings (SSSR count). The second-order valence-electron chi connectivity index (χ2n) is 9.83. The van der Waals surface area contributed by atoms with Crippen LogP contribution in [0, 0.1) is 17.6 Å². The number of halogens is 6. The predicted molar refractivity (Wildman–Crippen MR) is 156 cm³/mol. The van der Waals surface area contributed by atoms with Crippen molar-refractivity contribution >= 4 is 35.1 Å². The zero-order valence-electron chi connectivity index (χ0n) is 24.0. The fraction of sp³-hybridized carbons (Fsp3) is 0.300. The molecular formula is C30H30ClF5N4O4. The van der Waals surface area contributed by atoms with Gasteiger partial charge in [0.15, 0.2) is 17.5 Å². The highest BCUT2D eigenvalue weighted by atomic mass is 35.5. The molecule has 14 heteroatoms. The van der Waals surface area contributed by atoms with E-state index in [-0.39, 0.29) is 25.0 Å². The number of anilines is 1. The van der Waals surface area contributed by atoms with Crippen molar-refractivity contribution in [1.29, 1.82) is 0 Å². The molecule has 236 valence electrons. The number of amidine groups is 1. The number of ether oxygens (including phenoxy) is 1. The summed E-state index contributed by atoms with van der Waals surface area (Å²) in [6.07, 6.45) is -3.44. The Balaban J connectivity index is 0.000000297. The molecule has 44 heavy (non-hydrogen) atoms. The monoisotopic (exact) mass is 640 g/mol. The van der Waals surface area contributed by atoms with Crippen molar-refractivity contribution < 1.29 is 41.1 Å². The van der Waals surface area contributed by atoms with Crippen molar-refractivity contribution in [2.24, 2.45) is 10.9 Å². The standard InChI is InChI=1S/C20H17F5N2O2.C10H13ClN2O2/c21-15-9-8-14(20(23,24)25)17(18(15)22)19(27-29-11-13-6-7-13)26-16(28)10-12-4-2-1-3-5-12;1-13(2)10(14)12-7-4-5-9(15-3)8(11)6-7/h1-5,8-9,13H,6-7,10-11H2,(H,26,27,28);4-6H,1-3H3,(H,12,14). The van der Waals surface area contributed by atoms with E-state index in [1.807, 2.05) is 0 Å². The normalized spacial score (nSPS) is 13.0. The Morgan fingerprint density at radius 1 is 1.05 bits per heavy atom. The Bertz CT molecular complexity index is 1480. The molecule has 0 aromatic heterocycles. The number of hydrogen-bond acceptors (Lipinski definition) is 4. The predicted octanol–water partition coefficient (Wildman–Crippen LogP) is 6.87. The Morgan fingerprint density at radius 2 is 1.73 bits per heavy atom. The molecule has 3 aromatic carbocycles. The third-order valence-corrected chi connectivity index (χ3v) is 6.36. The smallest absolute Gasteiger partial charge is 0.417 e. The number of aliphatic imine (C=N–C) groups is 1. The van der Waals surface area contributed by atoms with E-state index in [0.29, 0.717) is 34.2 Å². The summed E-state index contributed by atoms with van der Waals surface area (Å²) in [6.45, 7) is 0.143. The number of alkyl halides is 3. The van der Waals surface area contributed by atoms with Gasteiger partial charge in [0.1, 0.15) is 5.75 Å². The summed E-state index contributed by atoms with van der Waals surface area (Å²) in [5.41, 5.74) is 0.664. The van der Waals surface area contributed by atoms with Crippen LogP contribution in [0.1, 0.15) is 29.5 Å². The van der Waals surface area contributed by atoms with E-state index in [4.69, 9.17) is 21.2 Å². The number of hydrogen-bond donors (Lipinski definition) is 2. The molecule has 1 aliphatic rings. The van der Waals surface area contributed by atoms with Crippen molar-refractivity contribution in [3.63, 3.8) is 0 Å². The number of rotatable bonds is 8. The van der Waals surface area contributed by atoms with E-state index in [1.165, 1.54) is 4.90 Å². The number of nitrogens with zero attached hydrogens (tertiary/aromatic N) is 2. The van der Waals surface area contributed by atoms with E-state index in [0.717, 1.165) is 12.8 Å². The molecule has 3 aromatic rings. The maximum absolute atomic E-state index is 14.4. The maximum atomic E-state index is 14.4. The summed E-state index contributed by atoms with van der Waals surface area (Å²) in [4.78, 5) is 33.7. The Kier molecular flexibility index (Phi) is 12.1. The number of carbonyl (C=O) groups is 2. The van der Waals surface area contributed by atoms with Crippen molar-refractivity contribution in [1.82, 2.24) is 10.4 Å². The topological polar surface area (TPSA) is 92.3 Å². The molecule has 0 aliphatic heterocycles. The SMILES string of the molecule is COc1ccc(NC(=O)N(C)C)cc1Cl.O=C(Cc1ccccc1)/N=C(\NOCC1CC1)c1c(C(F)(F)F)ccc(F)c1F. The summed E-state index contributed by atoms with van der Waals surface area (Å²) in [7, 11) is 4.88.